The number of esters is 1. The summed E-state index contributed by atoms with van der Waals surface area (Å²) in [6.45, 7) is 3.78. The number of fused-ring (bicyclic) bond motifs is 1. The molecule has 1 aliphatic rings. The lowest BCUT2D eigenvalue weighted by Crippen LogP contribution is -2.44. The predicted octanol–water partition coefficient (Wildman–Crippen LogP) is 2.88. The lowest BCUT2D eigenvalue weighted by molar-refractivity contribution is -0.140. The van der Waals surface area contributed by atoms with Gasteiger partial charge in [-0.2, -0.15) is 0 Å². The minimum Gasteiger partial charge on any atom is -0.469 e. The second-order valence-corrected chi connectivity index (χ2v) is 11.2. The van der Waals surface area contributed by atoms with Gasteiger partial charge >= 0.3 is 5.97 Å². The van der Waals surface area contributed by atoms with Crippen molar-refractivity contribution in [3.05, 3.63) is 83.7 Å². The normalized spacial score (nSPS) is 18.1. The van der Waals surface area contributed by atoms with Crippen LogP contribution in [0.25, 0.3) is 0 Å². The van der Waals surface area contributed by atoms with Crippen LogP contribution in [0, 0.1) is 5.92 Å². The highest BCUT2D eigenvalue weighted by molar-refractivity contribution is 6.08. The summed E-state index contributed by atoms with van der Waals surface area (Å²) in [6, 6.07) is 14.4. The number of ether oxygens (including phenoxy) is 1. The van der Waals surface area contributed by atoms with Crippen LogP contribution in [0.1, 0.15) is 62.3 Å². The summed E-state index contributed by atoms with van der Waals surface area (Å²) in [6.07, 6.45) is 6.01. The van der Waals surface area contributed by atoms with Gasteiger partial charge in [-0.3, -0.25) is 19.1 Å². The zero-order valence-electron chi connectivity index (χ0n) is 25.8. The predicted molar refractivity (Wildman–Crippen MR) is 167 cm³/mol. The van der Waals surface area contributed by atoms with E-state index in [1.54, 1.807) is 42.1 Å². The molecule has 0 spiro atoms. The first-order valence-electron chi connectivity index (χ1n) is 15.1. The molecular formula is C33H41N5O7. The Morgan fingerprint density at radius 2 is 1.87 bits per heavy atom. The third-order valence-corrected chi connectivity index (χ3v) is 8.06. The Morgan fingerprint density at radius 3 is 2.56 bits per heavy atom. The number of aliphatic hydroxyl groups excluding tert-OH is 2. The Bertz CT molecular complexity index is 1510. The minimum atomic E-state index is -1.91. The van der Waals surface area contributed by atoms with Gasteiger partial charge in [0.25, 0.3) is 11.8 Å². The van der Waals surface area contributed by atoms with E-state index in [9.17, 15) is 29.7 Å². The highest BCUT2D eigenvalue weighted by atomic mass is 16.5. The molecule has 0 fully saturated rings. The van der Waals surface area contributed by atoms with Crippen molar-refractivity contribution in [3.63, 3.8) is 0 Å². The second kappa shape index (κ2) is 15.1. The molecule has 0 aliphatic carbocycles. The number of allylic oxidation sites excluding steroid dienone is 1. The molecule has 12 nitrogen and oxygen atoms in total. The monoisotopic (exact) mass is 619 g/mol. The van der Waals surface area contributed by atoms with Crippen molar-refractivity contribution < 1.29 is 34.4 Å². The molecule has 0 saturated heterocycles. The molecule has 0 bridgehead atoms. The number of hydrogen-bond donors (Lipinski definition) is 4. The Balaban J connectivity index is 1.48. The number of carbonyl (C=O) groups is 3. The zero-order chi connectivity index (χ0) is 32.6. The Labute approximate surface area is 262 Å². The molecule has 3 aromatic rings. The van der Waals surface area contributed by atoms with Crippen LogP contribution in [0.15, 0.2) is 66.9 Å². The van der Waals surface area contributed by atoms with Gasteiger partial charge in [-0.15, -0.1) is 5.10 Å². The highest BCUT2D eigenvalue weighted by Crippen LogP contribution is 2.46. The number of nitrogens with one attached hydrogen (secondary N) is 1. The third kappa shape index (κ3) is 7.64. The van der Waals surface area contributed by atoms with E-state index in [0.717, 1.165) is 5.56 Å². The first-order valence-corrected chi connectivity index (χ1v) is 15.1. The summed E-state index contributed by atoms with van der Waals surface area (Å²) in [5.74, 6) is -2.36. The number of benzene rings is 2. The molecule has 0 radical (unpaired) electrons. The molecule has 2 heterocycles. The van der Waals surface area contributed by atoms with Gasteiger partial charge in [-0.25, -0.2) is 0 Å². The van der Waals surface area contributed by atoms with Crippen LogP contribution in [0.3, 0.4) is 0 Å². The van der Waals surface area contributed by atoms with E-state index in [-0.39, 0.29) is 31.5 Å². The largest absolute Gasteiger partial charge is 0.469 e. The van der Waals surface area contributed by atoms with E-state index < -0.39 is 29.4 Å². The minimum absolute atomic E-state index is 0.0963. The standard InChI is InChI=1S/C33H41N5O7/c1-22(11-7-9-17-37-20-28(35-36-37)26(21-39)24-12-5-4-6-13-24)33(44)27-19-25(34-31(42)23(2)40)15-16-29(27)38(32(33)43)18-10-8-14-30(41)45-3/h4-7,11-13,15-16,19-20,22-23,26,39-40,44H,8-10,14,17-18,21H2,1-3H3,(H,34,42)/b11-7+/t22-,23+,26?,33+/m1/s1. The second-order valence-electron chi connectivity index (χ2n) is 11.2. The van der Waals surface area contributed by atoms with Crippen LogP contribution in [0.5, 0.6) is 0 Å². The van der Waals surface area contributed by atoms with Crippen molar-refractivity contribution >= 4 is 29.2 Å². The number of nitrogens with zero attached hydrogens (tertiary/aromatic N) is 4. The molecule has 1 aliphatic heterocycles. The van der Waals surface area contributed by atoms with Crippen LogP contribution < -0.4 is 10.2 Å². The first-order chi connectivity index (χ1) is 21.6. The Kier molecular flexibility index (Phi) is 11.2. The Hall–Kier alpha value is -4.39. The number of anilines is 2. The van der Waals surface area contributed by atoms with Gasteiger partial charge in [0.1, 0.15) is 6.10 Å². The number of rotatable bonds is 15. The summed E-state index contributed by atoms with van der Waals surface area (Å²) in [5, 5.41) is 42.6. The van der Waals surface area contributed by atoms with Crippen LogP contribution in [0.2, 0.25) is 0 Å². The number of unbranched alkanes of at least 4 members (excludes halogenated alkanes) is 1. The SMILES string of the molecule is COC(=O)CCCCN1C(=O)[C@](O)([C@H](C)/C=C/CCn2cc(C(CO)c3ccccc3)nn2)c2cc(NC(=O)[C@H](C)O)ccc21. The molecule has 12 heteroatoms. The Morgan fingerprint density at radius 1 is 1.11 bits per heavy atom. The molecule has 240 valence electrons. The third-order valence-electron chi connectivity index (χ3n) is 8.06. The fourth-order valence-electron chi connectivity index (χ4n) is 5.42. The van der Waals surface area contributed by atoms with Crippen LogP contribution >= 0.6 is 0 Å². The molecule has 1 aromatic heterocycles. The summed E-state index contributed by atoms with van der Waals surface area (Å²) < 4.78 is 6.39. The van der Waals surface area contributed by atoms with Gasteiger partial charge in [0.15, 0.2) is 5.60 Å². The topological polar surface area (TPSA) is 167 Å². The van der Waals surface area contributed by atoms with Gasteiger partial charge in [0.2, 0.25) is 0 Å². The molecule has 2 aromatic carbocycles. The van der Waals surface area contributed by atoms with E-state index in [0.29, 0.717) is 48.4 Å². The van der Waals surface area contributed by atoms with Crippen molar-refractivity contribution in [2.24, 2.45) is 5.92 Å². The van der Waals surface area contributed by atoms with Gasteiger partial charge in [-0.1, -0.05) is 54.6 Å². The number of amides is 2. The van der Waals surface area contributed by atoms with Crippen molar-refractivity contribution in [3.8, 4) is 0 Å². The number of aliphatic hydroxyl groups is 3. The molecule has 4 rings (SSSR count). The molecular weight excluding hydrogens is 578 g/mol. The van der Waals surface area contributed by atoms with Crippen LogP contribution in [-0.4, -0.2) is 74.5 Å². The zero-order valence-corrected chi connectivity index (χ0v) is 25.8. The van der Waals surface area contributed by atoms with Crippen molar-refractivity contribution in [1.82, 2.24) is 15.0 Å². The van der Waals surface area contributed by atoms with E-state index >= 15 is 0 Å². The molecule has 4 N–H and O–H groups in total. The van der Waals surface area contributed by atoms with Crippen molar-refractivity contribution in [2.75, 3.05) is 30.5 Å². The average molecular weight is 620 g/mol. The summed E-state index contributed by atoms with van der Waals surface area (Å²) >= 11 is 0. The molecule has 4 atom stereocenters. The van der Waals surface area contributed by atoms with Crippen molar-refractivity contribution in [2.45, 2.75) is 63.7 Å². The number of aryl methyl sites for hydroxylation is 1. The fraction of sp³-hybridized carbons (Fsp3) is 0.424. The summed E-state index contributed by atoms with van der Waals surface area (Å²) in [4.78, 5) is 39.0. The van der Waals surface area contributed by atoms with Gasteiger partial charge in [0, 0.05) is 42.9 Å². The van der Waals surface area contributed by atoms with Crippen LogP contribution in [-0.2, 0) is 31.3 Å². The lowest BCUT2D eigenvalue weighted by Gasteiger charge is -2.28. The van der Waals surface area contributed by atoms with Crippen LogP contribution in [0.4, 0.5) is 11.4 Å². The maximum absolute atomic E-state index is 13.8. The summed E-state index contributed by atoms with van der Waals surface area (Å²) in [7, 11) is 1.33. The van der Waals surface area contributed by atoms with Gasteiger partial charge < -0.3 is 30.3 Å². The molecule has 45 heavy (non-hydrogen) atoms. The van der Waals surface area contributed by atoms with Gasteiger partial charge in [-0.05, 0) is 49.9 Å². The quantitative estimate of drug-likeness (QED) is 0.114. The summed E-state index contributed by atoms with van der Waals surface area (Å²) in [5.41, 5.74) is 0.897. The highest BCUT2D eigenvalue weighted by Gasteiger charge is 2.52. The van der Waals surface area contributed by atoms with Gasteiger partial charge in [0.05, 0.1) is 31.0 Å². The molecule has 2 amide bonds. The number of hydrogen-bond acceptors (Lipinski definition) is 9. The van der Waals surface area contributed by atoms with E-state index in [1.807, 2.05) is 36.4 Å². The van der Waals surface area contributed by atoms with Crippen molar-refractivity contribution in [1.29, 1.82) is 0 Å². The van der Waals surface area contributed by atoms with E-state index in [4.69, 9.17) is 4.74 Å². The molecule has 0 saturated carbocycles. The number of methoxy groups -OCH3 is 1. The van der Waals surface area contributed by atoms with E-state index in [2.05, 4.69) is 15.6 Å². The average Bonchev–Trinajstić information content (AvgIpc) is 3.59. The lowest BCUT2D eigenvalue weighted by atomic mass is 9.82. The maximum atomic E-state index is 13.8. The van der Waals surface area contributed by atoms with E-state index in [1.165, 1.54) is 18.9 Å². The number of aromatic nitrogens is 3. The first kappa shape index (κ1) is 33.5. The maximum Gasteiger partial charge on any atom is 0.305 e. The fourth-order valence-corrected chi connectivity index (χ4v) is 5.42. The smallest absolute Gasteiger partial charge is 0.305 e. The molecule has 1 unspecified atom stereocenters. The number of carbonyl (C=O) groups excluding carboxylic acids is 3.